The van der Waals surface area contributed by atoms with E-state index in [0.29, 0.717) is 17.3 Å². The Kier molecular flexibility index (Phi) is 5.42. The minimum atomic E-state index is -0.452. The molecule has 172 valence electrons. The van der Waals surface area contributed by atoms with Crippen molar-refractivity contribution >= 4 is 34.7 Å². The summed E-state index contributed by atoms with van der Waals surface area (Å²) in [6, 6.07) is 17.1. The molecular formula is C27H23ClFN3OS. The average Bonchev–Trinajstić information content (AvgIpc) is 3.42. The van der Waals surface area contributed by atoms with Crippen LogP contribution in [0, 0.1) is 5.82 Å². The van der Waals surface area contributed by atoms with E-state index in [1.165, 1.54) is 39.6 Å². The number of hydrogen-bond acceptors (Lipinski definition) is 2. The van der Waals surface area contributed by atoms with Gasteiger partial charge in [-0.2, -0.15) is 0 Å². The van der Waals surface area contributed by atoms with Crippen molar-refractivity contribution in [1.29, 1.82) is 0 Å². The van der Waals surface area contributed by atoms with Crippen LogP contribution in [0.3, 0.4) is 0 Å². The summed E-state index contributed by atoms with van der Waals surface area (Å²) >= 11 is 8.18. The number of rotatable bonds is 2. The van der Waals surface area contributed by atoms with E-state index >= 15 is 0 Å². The number of aromatic nitrogens is 1. The first-order valence-electron chi connectivity index (χ1n) is 11.5. The van der Waals surface area contributed by atoms with Gasteiger partial charge in [0.2, 0.25) is 0 Å². The fraction of sp³-hybridized carbons (Fsp3) is 0.222. The molecule has 1 aliphatic heterocycles. The molecule has 2 aromatic heterocycles. The molecule has 1 atom stereocenters. The quantitative estimate of drug-likeness (QED) is 0.313. The number of benzene rings is 2. The molecule has 1 N–H and O–H groups in total. The average molecular weight is 492 g/mol. The zero-order chi connectivity index (χ0) is 23.2. The predicted octanol–water partition coefficient (Wildman–Crippen LogP) is 7.35. The van der Waals surface area contributed by atoms with Gasteiger partial charge >= 0.3 is 6.03 Å². The van der Waals surface area contributed by atoms with E-state index in [2.05, 4.69) is 16.1 Å². The molecule has 0 saturated carbocycles. The second-order valence-electron chi connectivity index (χ2n) is 8.79. The van der Waals surface area contributed by atoms with Crippen molar-refractivity contribution in [3.8, 4) is 5.00 Å². The van der Waals surface area contributed by atoms with Crippen molar-refractivity contribution in [2.75, 3.05) is 5.32 Å². The van der Waals surface area contributed by atoms with Gasteiger partial charge < -0.3 is 14.8 Å². The van der Waals surface area contributed by atoms with E-state index < -0.39 is 6.04 Å². The van der Waals surface area contributed by atoms with Crippen LogP contribution >= 0.6 is 22.9 Å². The fourth-order valence-corrected chi connectivity index (χ4v) is 6.75. The van der Waals surface area contributed by atoms with Gasteiger partial charge in [0, 0.05) is 16.6 Å². The lowest BCUT2D eigenvalue weighted by Gasteiger charge is -2.31. The summed E-state index contributed by atoms with van der Waals surface area (Å²) in [7, 11) is 0. The van der Waals surface area contributed by atoms with E-state index in [4.69, 9.17) is 11.6 Å². The molecule has 4 aromatic rings. The first-order chi connectivity index (χ1) is 16.6. The number of nitrogens with one attached hydrogen (secondary N) is 1. The Balaban J connectivity index is 1.51. The van der Waals surface area contributed by atoms with Crippen LogP contribution in [0.25, 0.3) is 5.00 Å². The first-order valence-corrected chi connectivity index (χ1v) is 12.7. The minimum Gasteiger partial charge on any atom is -0.310 e. The minimum absolute atomic E-state index is 0.265. The summed E-state index contributed by atoms with van der Waals surface area (Å²) in [5, 5.41) is 4.65. The van der Waals surface area contributed by atoms with E-state index in [1.807, 2.05) is 46.6 Å². The van der Waals surface area contributed by atoms with Crippen LogP contribution in [-0.2, 0) is 19.4 Å². The lowest BCUT2D eigenvalue weighted by molar-refractivity contribution is 0.194. The molecule has 3 heterocycles. The summed E-state index contributed by atoms with van der Waals surface area (Å²) < 4.78 is 16.5. The Bertz CT molecular complexity index is 1390. The SMILES string of the molecule is O=C(Nc1ccccc1Cl)N1Cc2c(sc3c2CCCC3)-n2cccc2[C@@H]1c1cccc(F)c1. The number of para-hydroxylation sites is 1. The largest absolute Gasteiger partial charge is 0.323 e. The van der Waals surface area contributed by atoms with Crippen LogP contribution in [0.2, 0.25) is 5.02 Å². The van der Waals surface area contributed by atoms with Gasteiger partial charge in [0.25, 0.3) is 0 Å². The van der Waals surface area contributed by atoms with Crippen molar-refractivity contribution in [2.24, 2.45) is 0 Å². The number of hydrogen-bond donors (Lipinski definition) is 1. The van der Waals surface area contributed by atoms with Gasteiger partial charge in [-0.05, 0) is 73.2 Å². The van der Waals surface area contributed by atoms with Crippen molar-refractivity contribution in [2.45, 2.75) is 38.3 Å². The van der Waals surface area contributed by atoms with E-state index in [0.717, 1.165) is 30.5 Å². The molecule has 2 aromatic carbocycles. The summed E-state index contributed by atoms with van der Waals surface area (Å²) in [5.74, 6) is -0.321. The van der Waals surface area contributed by atoms with Gasteiger partial charge in [0.1, 0.15) is 10.8 Å². The third kappa shape index (κ3) is 3.62. The van der Waals surface area contributed by atoms with Gasteiger partial charge in [-0.3, -0.25) is 0 Å². The fourth-order valence-electron chi connectivity index (χ4n) is 5.16. The highest BCUT2D eigenvalue weighted by molar-refractivity contribution is 7.15. The molecule has 0 bridgehead atoms. The van der Waals surface area contributed by atoms with Crippen LogP contribution < -0.4 is 5.32 Å². The molecule has 6 rings (SSSR count). The molecular weight excluding hydrogens is 469 g/mol. The Morgan fingerprint density at radius 3 is 2.74 bits per heavy atom. The van der Waals surface area contributed by atoms with Gasteiger partial charge in [0.15, 0.2) is 0 Å². The molecule has 1 aliphatic carbocycles. The molecule has 2 amide bonds. The normalized spacial score (nSPS) is 16.9. The summed E-state index contributed by atoms with van der Waals surface area (Å²) in [4.78, 5) is 17.1. The molecule has 2 aliphatic rings. The molecule has 0 spiro atoms. The summed E-state index contributed by atoms with van der Waals surface area (Å²) in [5.41, 5.74) is 4.81. The van der Waals surface area contributed by atoms with Gasteiger partial charge in [-0.25, -0.2) is 9.18 Å². The highest BCUT2D eigenvalue weighted by Crippen LogP contribution is 2.44. The Morgan fingerprint density at radius 2 is 1.88 bits per heavy atom. The number of urea groups is 1. The van der Waals surface area contributed by atoms with Crippen LogP contribution in [0.5, 0.6) is 0 Å². The zero-order valence-corrected chi connectivity index (χ0v) is 20.0. The van der Waals surface area contributed by atoms with Crippen molar-refractivity contribution < 1.29 is 9.18 Å². The van der Waals surface area contributed by atoms with Crippen LogP contribution in [0.4, 0.5) is 14.9 Å². The predicted molar refractivity (Wildman–Crippen MR) is 135 cm³/mol. The lowest BCUT2D eigenvalue weighted by atomic mass is 9.95. The van der Waals surface area contributed by atoms with Gasteiger partial charge in [0.05, 0.1) is 29.0 Å². The molecule has 4 nitrogen and oxygen atoms in total. The monoisotopic (exact) mass is 491 g/mol. The Labute approximate surface area is 206 Å². The maximum atomic E-state index is 14.3. The Morgan fingerprint density at radius 1 is 1.03 bits per heavy atom. The van der Waals surface area contributed by atoms with Crippen molar-refractivity contribution in [3.63, 3.8) is 0 Å². The number of nitrogens with zero attached hydrogens (tertiary/aromatic N) is 2. The number of aryl methyl sites for hydroxylation is 1. The maximum absolute atomic E-state index is 14.3. The maximum Gasteiger partial charge on any atom is 0.323 e. The molecule has 0 unspecified atom stereocenters. The number of amides is 2. The topological polar surface area (TPSA) is 37.3 Å². The molecule has 0 radical (unpaired) electrons. The number of fused-ring (bicyclic) bond motifs is 5. The summed E-state index contributed by atoms with van der Waals surface area (Å²) in [6.45, 7) is 0.445. The standard InChI is InChI=1S/C27H23ClFN3OS/c28-21-10-2-3-11-22(21)30-27(33)32-16-20-19-9-1-4-13-24(19)34-26(20)31-14-6-12-23(31)25(32)17-7-5-8-18(29)15-17/h2-3,5-8,10-12,14-15,25H,1,4,9,13,16H2,(H,30,33)/t25-/m0/s1. The third-order valence-electron chi connectivity index (χ3n) is 6.72. The zero-order valence-electron chi connectivity index (χ0n) is 18.4. The number of carbonyl (C=O) groups excluding carboxylic acids is 1. The number of anilines is 1. The van der Waals surface area contributed by atoms with E-state index in [9.17, 15) is 9.18 Å². The van der Waals surface area contributed by atoms with E-state index in [1.54, 1.807) is 18.2 Å². The van der Waals surface area contributed by atoms with Crippen LogP contribution in [0.1, 0.15) is 46.1 Å². The molecule has 0 fully saturated rings. The number of carbonyl (C=O) groups is 1. The second-order valence-corrected chi connectivity index (χ2v) is 10.3. The molecule has 34 heavy (non-hydrogen) atoms. The first kappa shape index (κ1) is 21.4. The highest BCUT2D eigenvalue weighted by atomic mass is 35.5. The van der Waals surface area contributed by atoms with Crippen molar-refractivity contribution in [1.82, 2.24) is 9.47 Å². The third-order valence-corrected chi connectivity index (χ3v) is 8.38. The lowest BCUT2D eigenvalue weighted by Crippen LogP contribution is -2.38. The highest BCUT2D eigenvalue weighted by Gasteiger charge is 2.36. The van der Waals surface area contributed by atoms with Crippen molar-refractivity contribution in [3.05, 3.63) is 105 Å². The number of thiophene rings is 1. The Hall–Kier alpha value is -3.09. The second kappa shape index (κ2) is 8.60. The van der Waals surface area contributed by atoms with Gasteiger partial charge in [-0.1, -0.05) is 35.9 Å². The summed E-state index contributed by atoms with van der Waals surface area (Å²) in [6.07, 6.45) is 6.53. The van der Waals surface area contributed by atoms with Crippen LogP contribution in [-0.4, -0.2) is 15.5 Å². The molecule has 7 heteroatoms. The van der Waals surface area contributed by atoms with E-state index in [-0.39, 0.29) is 11.8 Å². The number of halogens is 2. The smallest absolute Gasteiger partial charge is 0.310 e. The van der Waals surface area contributed by atoms with Gasteiger partial charge in [-0.15, -0.1) is 11.3 Å². The molecule has 0 saturated heterocycles. The van der Waals surface area contributed by atoms with Crippen LogP contribution in [0.15, 0.2) is 66.9 Å².